The minimum Gasteiger partial charge on any atom is -0.481 e. The zero-order valence-corrected chi connectivity index (χ0v) is 12.0. The van der Waals surface area contributed by atoms with E-state index in [-0.39, 0.29) is 18.4 Å². The van der Waals surface area contributed by atoms with Gasteiger partial charge in [-0.2, -0.15) is 0 Å². The van der Waals surface area contributed by atoms with Gasteiger partial charge in [0.25, 0.3) is 5.91 Å². The van der Waals surface area contributed by atoms with Crippen LogP contribution in [0, 0.1) is 6.92 Å². The number of amides is 1. The average Bonchev–Trinajstić information content (AvgIpc) is 2.30. The Kier molecular flexibility index (Phi) is 5.34. The number of carbonyl (C=O) groups excluding carboxylic acids is 1. The number of rotatable bonds is 5. The Morgan fingerprint density at radius 3 is 2.67 bits per heavy atom. The van der Waals surface area contributed by atoms with Crippen molar-refractivity contribution >= 4 is 27.8 Å². The van der Waals surface area contributed by atoms with Crippen LogP contribution in [0.4, 0.5) is 0 Å². The summed E-state index contributed by atoms with van der Waals surface area (Å²) in [7, 11) is 0. The van der Waals surface area contributed by atoms with E-state index in [2.05, 4.69) is 21.2 Å². The normalized spacial score (nSPS) is 11.9. The molecule has 0 fully saturated rings. The van der Waals surface area contributed by atoms with Gasteiger partial charge in [-0.05, 0) is 41.4 Å². The molecule has 4 nitrogen and oxygen atoms in total. The van der Waals surface area contributed by atoms with Crippen molar-refractivity contribution in [3.63, 3.8) is 0 Å². The van der Waals surface area contributed by atoms with Crippen molar-refractivity contribution in [2.75, 3.05) is 0 Å². The molecule has 1 rings (SSSR count). The standard InChI is InChI=1S/C13H16BrNO3/c1-3-9(7-12(16)17)15-13(18)10-6-8(2)4-5-11(10)14/h4-6,9H,3,7H2,1-2H3,(H,15,18)(H,16,17). The van der Waals surface area contributed by atoms with Gasteiger partial charge in [0.2, 0.25) is 0 Å². The van der Waals surface area contributed by atoms with E-state index in [1.807, 2.05) is 26.0 Å². The molecule has 0 bridgehead atoms. The van der Waals surface area contributed by atoms with Crippen molar-refractivity contribution in [3.05, 3.63) is 33.8 Å². The first kappa shape index (κ1) is 14.7. The number of carbonyl (C=O) groups is 2. The molecule has 98 valence electrons. The lowest BCUT2D eigenvalue weighted by atomic mass is 10.1. The molecule has 1 atom stereocenters. The minimum atomic E-state index is -0.912. The SMILES string of the molecule is CCC(CC(=O)O)NC(=O)c1cc(C)ccc1Br. The van der Waals surface area contributed by atoms with Crippen LogP contribution in [0.1, 0.15) is 35.7 Å². The third-order valence-corrected chi connectivity index (χ3v) is 3.31. The number of carboxylic acids is 1. The summed E-state index contributed by atoms with van der Waals surface area (Å²) >= 11 is 3.32. The largest absolute Gasteiger partial charge is 0.481 e. The number of benzene rings is 1. The van der Waals surface area contributed by atoms with Crippen LogP contribution in [0.25, 0.3) is 0 Å². The highest BCUT2D eigenvalue weighted by Crippen LogP contribution is 2.18. The maximum atomic E-state index is 12.0. The monoisotopic (exact) mass is 313 g/mol. The molecule has 5 heteroatoms. The Labute approximate surface area is 115 Å². The van der Waals surface area contributed by atoms with Gasteiger partial charge in [-0.15, -0.1) is 0 Å². The first-order chi connectivity index (χ1) is 8.43. The summed E-state index contributed by atoms with van der Waals surface area (Å²) in [6.07, 6.45) is 0.521. The number of hydrogen-bond donors (Lipinski definition) is 2. The van der Waals surface area contributed by atoms with E-state index >= 15 is 0 Å². The Hall–Kier alpha value is -1.36. The van der Waals surface area contributed by atoms with Crippen molar-refractivity contribution < 1.29 is 14.7 Å². The fourth-order valence-electron chi connectivity index (χ4n) is 1.58. The predicted molar refractivity (Wildman–Crippen MR) is 72.7 cm³/mol. The van der Waals surface area contributed by atoms with Gasteiger partial charge >= 0.3 is 5.97 Å². The molecule has 0 saturated carbocycles. The summed E-state index contributed by atoms with van der Waals surface area (Å²) in [5, 5.41) is 11.5. The molecule has 1 amide bonds. The molecule has 0 aliphatic carbocycles. The molecule has 2 N–H and O–H groups in total. The fraction of sp³-hybridized carbons (Fsp3) is 0.385. The molecule has 1 aromatic rings. The van der Waals surface area contributed by atoms with Gasteiger partial charge < -0.3 is 10.4 Å². The van der Waals surface area contributed by atoms with Crippen LogP contribution in [0.2, 0.25) is 0 Å². The molecule has 1 aromatic carbocycles. The van der Waals surface area contributed by atoms with Gasteiger partial charge in [-0.25, -0.2) is 0 Å². The second-order valence-electron chi connectivity index (χ2n) is 4.16. The first-order valence-corrected chi connectivity index (χ1v) is 6.52. The second-order valence-corrected chi connectivity index (χ2v) is 5.01. The lowest BCUT2D eigenvalue weighted by Crippen LogP contribution is -2.36. The summed E-state index contributed by atoms with van der Waals surface area (Å²) in [6.45, 7) is 3.75. The Balaban J connectivity index is 2.80. The van der Waals surface area contributed by atoms with E-state index in [0.717, 1.165) is 5.56 Å². The van der Waals surface area contributed by atoms with E-state index in [9.17, 15) is 9.59 Å². The zero-order chi connectivity index (χ0) is 13.7. The van der Waals surface area contributed by atoms with E-state index in [0.29, 0.717) is 16.5 Å². The van der Waals surface area contributed by atoms with Gasteiger partial charge in [-0.3, -0.25) is 9.59 Å². The number of nitrogens with one attached hydrogen (secondary N) is 1. The smallest absolute Gasteiger partial charge is 0.305 e. The van der Waals surface area contributed by atoms with Gasteiger partial charge in [-0.1, -0.05) is 18.6 Å². The third-order valence-electron chi connectivity index (χ3n) is 2.62. The van der Waals surface area contributed by atoms with Crippen molar-refractivity contribution in [3.8, 4) is 0 Å². The summed E-state index contributed by atoms with van der Waals surface area (Å²) in [5.41, 5.74) is 1.51. The van der Waals surface area contributed by atoms with Gasteiger partial charge in [0.05, 0.1) is 12.0 Å². The molecule has 0 aliphatic rings. The number of halogens is 1. The maximum absolute atomic E-state index is 12.0. The number of aryl methyl sites for hydroxylation is 1. The number of carboxylic acid groups (broad SMARTS) is 1. The predicted octanol–water partition coefficient (Wildman–Crippen LogP) is 2.74. The molecule has 0 heterocycles. The van der Waals surface area contributed by atoms with Crippen LogP contribution in [-0.2, 0) is 4.79 Å². The number of hydrogen-bond acceptors (Lipinski definition) is 2. The van der Waals surface area contributed by atoms with E-state index in [1.54, 1.807) is 6.07 Å². The van der Waals surface area contributed by atoms with Crippen LogP contribution < -0.4 is 5.32 Å². The van der Waals surface area contributed by atoms with Crippen LogP contribution in [0.5, 0.6) is 0 Å². The third kappa shape index (κ3) is 4.14. The first-order valence-electron chi connectivity index (χ1n) is 5.72. The van der Waals surface area contributed by atoms with Crippen molar-refractivity contribution in [2.24, 2.45) is 0 Å². The van der Waals surface area contributed by atoms with Crippen LogP contribution in [-0.4, -0.2) is 23.0 Å². The molecule has 0 radical (unpaired) electrons. The second kappa shape index (κ2) is 6.54. The Morgan fingerprint density at radius 1 is 1.44 bits per heavy atom. The summed E-state index contributed by atoms with van der Waals surface area (Å²) in [6, 6.07) is 5.13. The summed E-state index contributed by atoms with van der Waals surface area (Å²) in [5.74, 6) is -1.16. The quantitative estimate of drug-likeness (QED) is 0.878. The van der Waals surface area contributed by atoms with Crippen LogP contribution in [0.3, 0.4) is 0 Å². The molecular weight excluding hydrogens is 298 g/mol. The highest BCUT2D eigenvalue weighted by molar-refractivity contribution is 9.10. The molecule has 0 aliphatic heterocycles. The lowest BCUT2D eigenvalue weighted by Gasteiger charge is -2.15. The molecule has 18 heavy (non-hydrogen) atoms. The summed E-state index contributed by atoms with van der Waals surface area (Å²) in [4.78, 5) is 22.7. The highest BCUT2D eigenvalue weighted by atomic mass is 79.9. The highest BCUT2D eigenvalue weighted by Gasteiger charge is 2.16. The lowest BCUT2D eigenvalue weighted by molar-refractivity contribution is -0.137. The van der Waals surface area contributed by atoms with E-state index in [4.69, 9.17) is 5.11 Å². The average molecular weight is 314 g/mol. The molecule has 0 aromatic heterocycles. The molecular formula is C13H16BrNO3. The van der Waals surface area contributed by atoms with E-state index in [1.165, 1.54) is 0 Å². The Bertz CT molecular complexity index is 460. The minimum absolute atomic E-state index is 0.0638. The van der Waals surface area contributed by atoms with E-state index < -0.39 is 5.97 Å². The van der Waals surface area contributed by atoms with Crippen molar-refractivity contribution in [1.82, 2.24) is 5.32 Å². The van der Waals surface area contributed by atoms with Crippen molar-refractivity contribution in [1.29, 1.82) is 0 Å². The van der Waals surface area contributed by atoms with Crippen LogP contribution in [0.15, 0.2) is 22.7 Å². The van der Waals surface area contributed by atoms with Crippen molar-refractivity contribution in [2.45, 2.75) is 32.7 Å². The fourth-order valence-corrected chi connectivity index (χ4v) is 2.01. The number of aliphatic carboxylic acids is 1. The van der Waals surface area contributed by atoms with Gasteiger partial charge in [0.1, 0.15) is 0 Å². The Morgan fingerprint density at radius 2 is 2.11 bits per heavy atom. The zero-order valence-electron chi connectivity index (χ0n) is 10.4. The van der Waals surface area contributed by atoms with Crippen LogP contribution >= 0.6 is 15.9 Å². The van der Waals surface area contributed by atoms with Gasteiger partial charge in [0.15, 0.2) is 0 Å². The maximum Gasteiger partial charge on any atom is 0.305 e. The van der Waals surface area contributed by atoms with Gasteiger partial charge in [0, 0.05) is 10.5 Å². The molecule has 0 saturated heterocycles. The molecule has 0 spiro atoms. The molecule has 1 unspecified atom stereocenters. The summed E-state index contributed by atoms with van der Waals surface area (Å²) < 4.78 is 0.704. The topological polar surface area (TPSA) is 66.4 Å².